The standard InChI is InChI=1S/C42H37NO8/c1-23-19-35(45)33-22-32-29(30(38(33)40(23)46)14-8-25-9-17-34(44)37(20-25)51-4)15-16-31-39(32)42(48)43(41(31)47)27-11-6-24(7-12-27)5-10-26-21-28(49-2)13-18-36(26)50-3/h5-15,17-21,30-32,39,44H,16,22H2,1-4H3. The van der Waals surface area contributed by atoms with Crippen LogP contribution in [0.25, 0.3) is 18.2 Å². The van der Waals surface area contributed by atoms with Gasteiger partial charge >= 0.3 is 0 Å². The number of hydrogen-bond donors (Lipinski definition) is 1. The number of nitrogens with zero attached hydrogens (tertiary/aromatic N) is 1. The fraction of sp³-hybridized carbons (Fsp3) is 0.238. The summed E-state index contributed by atoms with van der Waals surface area (Å²) in [6.45, 7) is 1.64. The van der Waals surface area contributed by atoms with E-state index in [1.165, 1.54) is 24.2 Å². The number of aromatic hydroxyl groups is 1. The number of hydrogen-bond acceptors (Lipinski definition) is 8. The summed E-state index contributed by atoms with van der Waals surface area (Å²) in [6.07, 6.45) is 11.4. The van der Waals surface area contributed by atoms with E-state index < -0.39 is 23.7 Å². The van der Waals surface area contributed by atoms with Crippen molar-refractivity contribution in [2.24, 2.45) is 23.7 Å². The topological polar surface area (TPSA) is 119 Å². The van der Waals surface area contributed by atoms with Gasteiger partial charge in [0, 0.05) is 28.2 Å². The van der Waals surface area contributed by atoms with E-state index in [2.05, 4.69) is 0 Å². The van der Waals surface area contributed by atoms with Gasteiger partial charge in [-0.25, -0.2) is 0 Å². The number of methoxy groups -OCH3 is 3. The number of fused-ring (bicyclic) bond motifs is 3. The highest BCUT2D eigenvalue weighted by molar-refractivity contribution is 6.24. The monoisotopic (exact) mass is 683 g/mol. The van der Waals surface area contributed by atoms with E-state index in [0.717, 1.165) is 22.3 Å². The first-order chi connectivity index (χ1) is 24.6. The summed E-state index contributed by atoms with van der Waals surface area (Å²) >= 11 is 0. The summed E-state index contributed by atoms with van der Waals surface area (Å²) in [7, 11) is 4.67. The van der Waals surface area contributed by atoms with Crippen molar-refractivity contribution in [2.45, 2.75) is 19.8 Å². The van der Waals surface area contributed by atoms with Gasteiger partial charge in [0.05, 0.1) is 38.9 Å². The van der Waals surface area contributed by atoms with Crippen LogP contribution >= 0.6 is 0 Å². The van der Waals surface area contributed by atoms with Crippen molar-refractivity contribution < 1.29 is 38.5 Å². The zero-order valence-corrected chi connectivity index (χ0v) is 28.7. The minimum atomic E-state index is -0.675. The van der Waals surface area contributed by atoms with Crippen LogP contribution in [-0.2, 0) is 19.2 Å². The number of ether oxygens (including phenoxy) is 3. The van der Waals surface area contributed by atoms with Crippen LogP contribution in [0, 0.1) is 23.7 Å². The molecule has 7 rings (SSSR count). The first-order valence-electron chi connectivity index (χ1n) is 16.8. The molecule has 1 aliphatic heterocycles. The van der Waals surface area contributed by atoms with E-state index in [4.69, 9.17) is 14.2 Å². The van der Waals surface area contributed by atoms with Crippen LogP contribution in [0.2, 0.25) is 0 Å². The molecule has 3 aliphatic carbocycles. The Morgan fingerprint density at radius 1 is 0.784 bits per heavy atom. The molecule has 3 aromatic carbocycles. The third-order valence-electron chi connectivity index (χ3n) is 10.3. The Morgan fingerprint density at radius 3 is 2.25 bits per heavy atom. The molecule has 1 heterocycles. The van der Waals surface area contributed by atoms with Crippen molar-refractivity contribution in [1.29, 1.82) is 0 Å². The van der Waals surface area contributed by atoms with Gasteiger partial charge < -0.3 is 19.3 Å². The molecule has 4 atom stereocenters. The van der Waals surface area contributed by atoms with E-state index in [9.17, 15) is 24.3 Å². The number of allylic oxidation sites excluding steroid dienone is 7. The van der Waals surface area contributed by atoms with Crippen molar-refractivity contribution in [3.8, 4) is 23.0 Å². The van der Waals surface area contributed by atoms with Crippen LogP contribution in [0.4, 0.5) is 5.69 Å². The molecule has 0 bridgehead atoms. The molecule has 2 amide bonds. The molecule has 9 heteroatoms. The molecule has 0 saturated carbocycles. The van der Waals surface area contributed by atoms with Crippen LogP contribution < -0.4 is 19.1 Å². The first kappa shape index (κ1) is 33.5. The lowest BCUT2D eigenvalue weighted by atomic mass is 9.60. The number of imide groups is 1. The van der Waals surface area contributed by atoms with Gasteiger partial charge in [-0.3, -0.25) is 24.1 Å². The van der Waals surface area contributed by atoms with Crippen molar-refractivity contribution in [3.05, 3.63) is 118 Å². The Bertz CT molecular complexity index is 2130. The summed E-state index contributed by atoms with van der Waals surface area (Å²) in [6, 6.07) is 17.7. The predicted molar refractivity (Wildman–Crippen MR) is 193 cm³/mol. The van der Waals surface area contributed by atoms with E-state index in [0.29, 0.717) is 46.1 Å². The maximum atomic E-state index is 14.3. The molecular weight excluding hydrogens is 646 g/mol. The maximum absolute atomic E-state index is 14.3. The van der Waals surface area contributed by atoms with Gasteiger partial charge in [0.25, 0.3) is 0 Å². The number of anilines is 1. The minimum absolute atomic E-state index is 0.00110. The second-order valence-corrected chi connectivity index (χ2v) is 13.1. The molecule has 0 spiro atoms. The quantitative estimate of drug-likeness (QED) is 0.120. The Kier molecular flexibility index (Phi) is 8.81. The van der Waals surface area contributed by atoms with Crippen molar-refractivity contribution in [2.75, 3.05) is 26.2 Å². The summed E-state index contributed by atoms with van der Waals surface area (Å²) in [4.78, 5) is 56.5. The molecule has 258 valence electrons. The highest BCUT2D eigenvalue weighted by atomic mass is 16.5. The third kappa shape index (κ3) is 5.88. The zero-order valence-electron chi connectivity index (χ0n) is 28.7. The van der Waals surface area contributed by atoms with Gasteiger partial charge in [-0.15, -0.1) is 0 Å². The largest absolute Gasteiger partial charge is 0.504 e. The molecule has 9 nitrogen and oxygen atoms in total. The Morgan fingerprint density at radius 2 is 1.53 bits per heavy atom. The fourth-order valence-corrected chi connectivity index (χ4v) is 7.79. The van der Waals surface area contributed by atoms with Crippen molar-refractivity contribution in [1.82, 2.24) is 0 Å². The van der Waals surface area contributed by atoms with Crippen molar-refractivity contribution >= 4 is 47.3 Å². The lowest BCUT2D eigenvalue weighted by Crippen LogP contribution is -2.40. The van der Waals surface area contributed by atoms with Crippen molar-refractivity contribution in [3.63, 3.8) is 0 Å². The average Bonchev–Trinajstić information content (AvgIpc) is 3.41. The maximum Gasteiger partial charge on any atom is 0.238 e. The lowest BCUT2D eigenvalue weighted by molar-refractivity contribution is -0.123. The number of rotatable bonds is 8. The zero-order chi connectivity index (χ0) is 36.0. The van der Waals surface area contributed by atoms with Crippen LogP contribution in [0.1, 0.15) is 36.5 Å². The normalized spacial score (nSPS) is 22.9. The molecule has 1 saturated heterocycles. The van der Waals surface area contributed by atoms with E-state index in [-0.39, 0.29) is 35.6 Å². The average molecular weight is 684 g/mol. The molecule has 1 fully saturated rings. The molecule has 51 heavy (non-hydrogen) atoms. The molecule has 0 radical (unpaired) electrons. The summed E-state index contributed by atoms with van der Waals surface area (Å²) in [5.41, 5.74) is 4.96. The van der Waals surface area contributed by atoms with E-state index in [1.807, 2.05) is 60.7 Å². The Balaban J connectivity index is 1.18. The smallest absolute Gasteiger partial charge is 0.238 e. The van der Waals surface area contributed by atoms with Crippen LogP contribution in [-0.4, -0.2) is 49.8 Å². The van der Waals surface area contributed by atoms with Crippen LogP contribution in [0.15, 0.2) is 101 Å². The molecular formula is C42H37NO8. The number of ketones is 2. The van der Waals surface area contributed by atoms with Gasteiger partial charge in [-0.1, -0.05) is 54.2 Å². The number of phenols is 1. The Labute approximate surface area is 295 Å². The number of carbonyl (C=O) groups excluding carboxylic acids is 4. The second kappa shape index (κ2) is 13.4. The number of Topliss-reactive ketones (excluding diaryl/α,β-unsaturated/α-hetero) is 1. The summed E-state index contributed by atoms with van der Waals surface area (Å²) in [5, 5.41) is 10.1. The summed E-state index contributed by atoms with van der Waals surface area (Å²) in [5.74, 6) is -1.56. The minimum Gasteiger partial charge on any atom is -0.504 e. The fourth-order valence-electron chi connectivity index (χ4n) is 7.79. The van der Waals surface area contributed by atoms with Gasteiger partial charge in [-0.05, 0) is 85.4 Å². The van der Waals surface area contributed by atoms with Gasteiger partial charge in [0.1, 0.15) is 11.5 Å². The van der Waals surface area contributed by atoms with E-state index >= 15 is 0 Å². The van der Waals surface area contributed by atoms with Crippen LogP contribution in [0.3, 0.4) is 0 Å². The molecule has 4 aliphatic rings. The number of benzene rings is 3. The molecule has 1 N–H and O–H groups in total. The molecule has 0 aromatic heterocycles. The van der Waals surface area contributed by atoms with E-state index in [1.54, 1.807) is 45.4 Å². The molecule has 3 aromatic rings. The highest BCUT2D eigenvalue weighted by Crippen LogP contribution is 2.53. The SMILES string of the molecule is COc1ccc(OC)c(C=Cc2ccc(N3C(=O)C4CC=C5C(C=Cc6ccc(O)c(OC)c6)C6=C(CC5C4C3=O)C(=O)C=C(C)C6=O)cc2)c1. The Hall–Kier alpha value is -5.96. The first-order valence-corrected chi connectivity index (χ1v) is 16.8. The molecule has 4 unspecified atom stereocenters. The lowest BCUT2D eigenvalue weighted by Gasteiger charge is -2.41. The van der Waals surface area contributed by atoms with Gasteiger partial charge in [-0.2, -0.15) is 0 Å². The number of amides is 2. The van der Waals surface area contributed by atoms with Gasteiger partial charge in [0.2, 0.25) is 11.8 Å². The van der Waals surface area contributed by atoms with Crippen LogP contribution in [0.5, 0.6) is 23.0 Å². The number of carbonyl (C=O) groups is 4. The summed E-state index contributed by atoms with van der Waals surface area (Å²) < 4.78 is 16.1. The highest BCUT2D eigenvalue weighted by Gasteiger charge is 2.56. The van der Waals surface area contributed by atoms with Gasteiger partial charge in [0.15, 0.2) is 23.1 Å². The third-order valence-corrected chi connectivity index (χ3v) is 10.3. The number of phenolic OH excluding ortho intramolecular Hbond substituents is 1. The second-order valence-electron chi connectivity index (χ2n) is 13.1. The predicted octanol–water partition coefficient (Wildman–Crippen LogP) is 6.77.